The zero-order chi connectivity index (χ0) is 19.6. The molecule has 1 fully saturated rings. The number of piperidine rings is 1. The van der Waals surface area contributed by atoms with E-state index in [0.29, 0.717) is 13.1 Å². The first-order valence-electron chi connectivity index (χ1n) is 9.43. The number of benzene rings is 1. The van der Waals surface area contributed by atoms with Crippen LogP contribution in [0.25, 0.3) is 10.9 Å². The highest BCUT2D eigenvalue weighted by Gasteiger charge is 2.40. The molecule has 0 aliphatic carbocycles. The predicted molar refractivity (Wildman–Crippen MR) is 105 cm³/mol. The van der Waals surface area contributed by atoms with E-state index < -0.39 is 23.5 Å². The normalized spacial score (nSPS) is 17.6. The molecule has 2 heterocycles. The number of likely N-dealkylation sites (tertiary alicyclic amines) is 1. The summed E-state index contributed by atoms with van der Waals surface area (Å²) in [6.07, 6.45) is 5.60. The van der Waals surface area contributed by atoms with E-state index in [1.807, 2.05) is 24.3 Å². The fourth-order valence-electron chi connectivity index (χ4n) is 3.48. The number of para-hydroxylation sites is 1. The Labute approximate surface area is 160 Å². The van der Waals surface area contributed by atoms with Crippen LogP contribution in [0.1, 0.15) is 45.2 Å². The van der Waals surface area contributed by atoms with Gasteiger partial charge < -0.3 is 20.4 Å². The standard InChI is InChI=1S/C21H28N3O3/c1-21(2,3)27-20(26)17(19(25)24-11-7-4-8-12-24)18(22)15-13-23-16-10-6-5-9-14(15)16/h4-6,9-10,13,17-18,23H,7-8,11-12,22H2,1-3H3. The van der Waals surface area contributed by atoms with Crippen LogP contribution in [0.2, 0.25) is 0 Å². The van der Waals surface area contributed by atoms with Crippen molar-refractivity contribution in [3.05, 3.63) is 42.4 Å². The van der Waals surface area contributed by atoms with E-state index in [1.165, 1.54) is 0 Å². The van der Waals surface area contributed by atoms with Crippen molar-refractivity contribution in [1.29, 1.82) is 0 Å². The van der Waals surface area contributed by atoms with Crippen LogP contribution < -0.4 is 5.73 Å². The number of esters is 1. The summed E-state index contributed by atoms with van der Waals surface area (Å²) in [7, 11) is 0. The van der Waals surface area contributed by atoms with Gasteiger partial charge in [-0.2, -0.15) is 0 Å². The monoisotopic (exact) mass is 370 g/mol. The maximum absolute atomic E-state index is 13.2. The molecule has 145 valence electrons. The van der Waals surface area contributed by atoms with E-state index in [1.54, 1.807) is 31.9 Å². The molecule has 1 aromatic heterocycles. The van der Waals surface area contributed by atoms with Gasteiger partial charge in [0.25, 0.3) is 0 Å². The van der Waals surface area contributed by atoms with Crippen molar-refractivity contribution in [2.45, 2.75) is 45.3 Å². The van der Waals surface area contributed by atoms with Crippen molar-refractivity contribution in [1.82, 2.24) is 9.88 Å². The van der Waals surface area contributed by atoms with E-state index in [2.05, 4.69) is 11.4 Å². The zero-order valence-electron chi connectivity index (χ0n) is 16.2. The number of amides is 1. The molecule has 27 heavy (non-hydrogen) atoms. The van der Waals surface area contributed by atoms with Crippen LogP contribution in [0.15, 0.2) is 30.5 Å². The van der Waals surface area contributed by atoms with Gasteiger partial charge in [0.15, 0.2) is 5.92 Å². The first-order valence-corrected chi connectivity index (χ1v) is 9.43. The third-order valence-corrected chi connectivity index (χ3v) is 4.78. The zero-order valence-corrected chi connectivity index (χ0v) is 16.2. The summed E-state index contributed by atoms with van der Waals surface area (Å²) in [5.74, 6) is -1.89. The number of rotatable bonds is 4. The molecule has 2 atom stereocenters. The van der Waals surface area contributed by atoms with E-state index in [-0.39, 0.29) is 5.91 Å². The molecule has 2 unspecified atom stereocenters. The summed E-state index contributed by atoms with van der Waals surface area (Å²) in [6, 6.07) is 6.94. The van der Waals surface area contributed by atoms with Gasteiger partial charge in [0, 0.05) is 30.2 Å². The molecule has 3 N–H and O–H groups in total. The minimum Gasteiger partial charge on any atom is -0.459 e. The van der Waals surface area contributed by atoms with Crippen LogP contribution in [0.5, 0.6) is 0 Å². The first-order chi connectivity index (χ1) is 12.8. The number of ether oxygens (including phenoxy) is 1. The van der Waals surface area contributed by atoms with Crippen LogP contribution in [0.3, 0.4) is 0 Å². The average molecular weight is 370 g/mol. The Morgan fingerprint density at radius 3 is 2.52 bits per heavy atom. The van der Waals surface area contributed by atoms with Crippen molar-refractivity contribution >= 4 is 22.8 Å². The van der Waals surface area contributed by atoms with Crippen LogP contribution in [-0.2, 0) is 14.3 Å². The number of H-pyrrole nitrogens is 1. The summed E-state index contributed by atoms with van der Waals surface area (Å²) in [5, 5.41) is 0.915. The lowest BCUT2D eigenvalue weighted by Crippen LogP contribution is -2.47. The number of nitrogens with one attached hydrogen (secondary N) is 1. The van der Waals surface area contributed by atoms with Gasteiger partial charge >= 0.3 is 5.97 Å². The number of carbonyl (C=O) groups is 2. The number of fused-ring (bicyclic) bond motifs is 1. The van der Waals surface area contributed by atoms with Gasteiger partial charge in [-0.1, -0.05) is 18.2 Å². The highest BCUT2D eigenvalue weighted by Crippen LogP contribution is 2.31. The van der Waals surface area contributed by atoms with Crippen molar-refractivity contribution in [2.24, 2.45) is 11.7 Å². The summed E-state index contributed by atoms with van der Waals surface area (Å²) < 4.78 is 5.56. The maximum Gasteiger partial charge on any atom is 0.320 e. The van der Waals surface area contributed by atoms with Gasteiger partial charge in [-0.25, -0.2) is 0 Å². The SMILES string of the molecule is CC(C)(C)OC(=O)C(C(=O)N1CC[CH]CC1)C(N)c1c[nH]c2ccccc12. The second kappa shape index (κ2) is 7.72. The number of aromatic amines is 1. The lowest BCUT2D eigenvalue weighted by atomic mass is 9.91. The number of aromatic nitrogens is 1. The quantitative estimate of drug-likeness (QED) is 0.640. The lowest BCUT2D eigenvalue weighted by molar-refractivity contribution is -0.166. The van der Waals surface area contributed by atoms with Gasteiger partial charge in [-0.3, -0.25) is 9.59 Å². The number of nitrogens with zero attached hydrogens (tertiary/aromatic N) is 1. The summed E-state index contributed by atoms with van der Waals surface area (Å²) >= 11 is 0. The highest BCUT2D eigenvalue weighted by atomic mass is 16.6. The van der Waals surface area contributed by atoms with E-state index in [9.17, 15) is 9.59 Å². The molecule has 1 saturated heterocycles. The van der Waals surface area contributed by atoms with Crippen molar-refractivity contribution in [3.63, 3.8) is 0 Å². The van der Waals surface area contributed by atoms with Crippen molar-refractivity contribution < 1.29 is 14.3 Å². The van der Waals surface area contributed by atoms with Crippen LogP contribution in [0, 0.1) is 12.3 Å². The Balaban J connectivity index is 1.94. The predicted octanol–water partition coefficient (Wildman–Crippen LogP) is 2.95. The third kappa shape index (κ3) is 4.33. The second-order valence-corrected chi connectivity index (χ2v) is 8.02. The van der Waals surface area contributed by atoms with Crippen LogP contribution in [0.4, 0.5) is 0 Å². The van der Waals surface area contributed by atoms with Gasteiger partial charge in [-0.05, 0) is 51.7 Å². The van der Waals surface area contributed by atoms with Gasteiger partial charge in [-0.15, -0.1) is 0 Å². The fourth-order valence-corrected chi connectivity index (χ4v) is 3.48. The molecule has 3 rings (SSSR count). The maximum atomic E-state index is 13.2. The summed E-state index contributed by atoms with van der Waals surface area (Å²) in [4.78, 5) is 31.1. The molecule has 0 saturated carbocycles. The molecular formula is C21H28N3O3. The average Bonchev–Trinajstić information content (AvgIpc) is 3.05. The first kappa shape index (κ1) is 19.4. The number of carbonyl (C=O) groups excluding carboxylic acids is 2. The van der Waals surface area contributed by atoms with Gasteiger partial charge in [0.1, 0.15) is 5.60 Å². The molecule has 0 bridgehead atoms. The topological polar surface area (TPSA) is 88.4 Å². The highest BCUT2D eigenvalue weighted by molar-refractivity contribution is 5.99. The molecule has 6 nitrogen and oxygen atoms in total. The molecule has 1 amide bonds. The van der Waals surface area contributed by atoms with E-state index >= 15 is 0 Å². The Morgan fingerprint density at radius 1 is 1.19 bits per heavy atom. The van der Waals surface area contributed by atoms with Crippen LogP contribution >= 0.6 is 0 Å². The lowest BCUT2D eigenvalue weighted by Gasteiger charge is -2.33. The van der Waals surface area contributed by atoms with Gasteiger partial charge in [0.2, 0.25) is 5.91 Å². The Bertz CT molecular complexity index is 815. The van der Waals surface area contributed by atoms with E-state index in [4.69, 9.17) is 10.5 Å². The fraction of sp³-hybridized carbons (Fsp3) is 0.476. The number of nitrogens with two attached hydrogens (primary N) is 1. The van der Waals surface area contributed by atoms with Crippen LogP contribution in [-0.4, -0.2) is 40.5 Å². The van der Waals surface area contributed by atoms with Crippen molar-refractivity contribution in [3.8, 4) is 0 Å². The summed E-state index contributed by atoms with van der Waals surface area (Å²) in [6.45, 7) is 6.59. The molecular weight excluding hydrogens is 342 g/mol. The minimum absolute atomic E-state index is 0.255. The number of hydrogen-bond donors (Lipinski definition) is 2. The second-order valence-electron chi connectivity index (χ2n) is 8.02. The molecule has 1 radical (unpaired) electrons. The smallest absolute Gasteiger partial charge is 0.320 e. The summed E-state index contributed by atoms with van der Waals surface area (Å²) in [5.41, 5.74) is 7.48. The third-order valence-electron chi connectivity index (χ3n) is 4.78. The number of hydrogen-bond acceptors (Lipinski definition) is 4. The largest absolute Gasteiger partial charge is 0.459 e. The molecule has 1 aliphatic rings. The molecule has 0 spiro atoms. The Hall–Kier alpha value is -2.34. The van der Waals surface area contributed by atoms with Gasteiger partial charge in [0.05, 0.1) is 6.04 Å². The van der Waals surface area contributed by atoms with Crippen molar-refractivity contribution in [2.75, 3.05) is 13.1 Å². The molecule has 1 aliphatic heterocycles. The molecule has 6 heteroatoms. The minimum atomic E-state index is -1.07. The Morgan fingerprint density at radius 2 is 1.85 bits per heavy atom. The molecule has 1 aromatic carbocycles. The van der Waals surface area contributed by atoms with E-state index in [0.717, 1.165) is 29.3 Å². The molecule has 2 aromatic rings. The Kier molecular flexibility index (Phi) is 5.56.